The lowest BCUT2D eigenvalue weighted by Gasteiger charge is -2.10. The van der Waals surface area contributed by atoms with Gasteiger partial charge >= 0.3 is 0 Å². The zero-order valence-electron chi connectivity index (χ0n) is 10.3. The number of carbonyl (C=O) groups is 1. The van der Waals surface area contributed by atoms with Crippen molar-refractivity contribution in [2.24, 2.45) is 0 Å². The normalized spacial score (nSPS) is 11.8. The van der Waals surface area contributed by atoms with Gasteiger partial charge in [-0.1, -0.05) is 18.2 Å². The van der Waals surface area contributed by atoms with Gasteiger partial charge in [0.25, 0.3) is 11.5 Å². The minimum Gasteiger partial charge on any atom is -0.347 e. The summed E-state index contributed by atoms with van der Waals surface area (Å²) in [7, 11) is 0. The fraction of sp³-hybridized carbons (Fsp3) is 0.231. The molecule has 1 aromatic carbocycles. The van der Waals surface area contributed by atoms with E-state index in [9.17, 15) is 9.59 Å². The molecule has 0 aliphatic rings. The van der Waals surface area contributed by atoms with E-state index in [1.807, 2.05) is 6.07 Å². The van der Waals surface area contributed by atoms with Gasteiger partial charge in [-0.3, -0.25) is 9.59 Å². The number of hydrogen-bond donors (Lipinski definition) is 2. The van der Waals surface area contributed by atoms with E-state index in [2.05, 4.69) is 15.5 Å². The van der Waals surface area contributed by atoms with Crippen molar-refractivity contribution in [2.75, 3.05) is 0 Å². The zero-order chi connectivity index (χ0) is 13.8. The fourth-order valence-electron chi connectivity index (χ4n) is 1.77. The fourth-order valence-corrected chi connectivity index (χ4v) is 1.77. The van der Waals surface area contributed by atoms with Crippen LogP contribution in [0.2, 0.25) is 0 Å². The highest BCUT2D eigenvalue weighted by Gasteiger charge is 2.15. The molecule has 0 bridgehead atoms. The summed E-state index contributed by atoms with van der Waals surface area (Å²) in [4.78, 5) is 23.6. The second kappa shape index (κ2) is 5.31. The van der Waals surface area contributed by atoms with E-state index < -0.39 is 5.91 Å². The van der Waals surface area contributed by atoms with Crippen LogP contribution in [0.15, 0.2) is 29.1 Å². The Hall–Kier alpha value is -2.68. The third kappa shape index (κ3) is 2.60. The third-order valence-corrected chi connectivity index (χ3v) is 2.69. The molecule has 0 fully saturated rings. The molecule has 1 unspecified atom stereocenters. The smallest absolute Gasteiger partial charge is 0.272 e. The lowest BCUT2D eigenvalue weighted by molar-refractivity contribution is 0.0936. The Labute approximate surface area is 109 Å². The van der Waals surface area contributed by atoms with Crippen LogP contribution in [0.1, 0.15) is 23.8 Å². The first-order chi connectivity index (χ1) is 9.13. The van der Waals surface area contributed by atoms with Crippen molar-refractivity contribution >= 4 is 16.7 Å². The van der Waals surface area contributed by atoms with Gasteiger partial charge in [0.15, 0.2) is 5.69 Å². The summed E-state index contributed by atoms with van der Waals surface area (Å²) in [6, 6.07) is 8.46. The molecular formula is C13H12N4O2. The zero-order valence-corrected chi connectivity index (χ0v) is 10.3. The number of aromatic nitrogens is 2. The number of hydrogen-bond acceptors (Lipinski definition) is 4. The lowest BCUT2D eigenvalue weighted by Crippen LogP contribution is -2.33. The Bertz CT molecular complexity index is 714. The van der Waals surface area contributed by atoms with E-state index >= 15 is 0 Å². The lowest BCUT2D eigenvalue weighted by atomic mass is 10.1. The van der Waals surface area contributed by atoms with E-state index in [1.165, 1.54) is 0 Å². The molecule has 2 aromatic rings. The number of carbonyl (C=O) groups excluding carboxylic acids is 1. The van der Waals surface area contributed by atoms with Gasteiger partial charge in [0.05, 0.1) is 17.9 Å². The number of nitrogens with zero attached hydrogens (tertiary/aromatic N) is 2. The summed E-state index contributed by atoms with van der Waals surface area (Å²) in [5.74, 6) is -0.407. The standard InChI is InChI=1S/C13H12N4O2/c1-8(6-7-14)15-13(19)11-9-4-2-3-5-10(9)12(18)17-16-11/h2-5,8H,6H2,1H3,(H,15,19)(H,17,18). The van der Waals surface area contributed by atoms with Crippen molar-refractivity contribution in [3.05, 3.63) is 40.3 Å². The molecular weight excluding hydrogens is 244 g/mol. The van der Waals surface area contributed by atoms with Gasteiger partial charge in [0.2, 0.25) is 0 Å². The van der Waals surface area contributed by atoms with E-state index in [0.29, 0.717) is 10.8 Å². The van der Waals surface area contributed by atoms with Crippen LogP contribution in [-0.2, 0) is 0 Å². The van der Waals surface area contributed by atoms with E-state index in [0.717, 1.165) is 0 Å². The summed E-state index contributed by atoms with van der Waals surface area (Å²) >= 11 is 0. The van der Waals surface area contributed by atoms with Crippen LogP contribution in [0.3, 0.4) is 0 Å². The molecule has 1 amide bonds. The van der Waals surface area contributed by atoms with E-state index in [4.69, 9.17) is 5.26 Å². The van der Waals surface area contributed by atoms with Crippen molar-refractivity contribution in [3.8, 4) is 6.07 Å². The molecule has 1 heterocycles. The van der Waals surface area contributed by atoms with Crippen molar-refractivity contribution in [1.82, 2.24) is 15.5 Å². The highest BCUT2D eigenvalue weighted by atomic mass is 16.2. The minimum atomic E-state index is -0.407. The number of nitriles is 1. The van der Waals surface area contributed by atoms with Gasteiger partial charge < -0.3 is 5.32 Å². The van der Waals surface area contributed by atoms with Crippen molar-refractivity contribution in [3.63, 3.8) is 0 Å². The number of amides is 1. The van der Waals surface area contributed by atoms with Crippen LogP contribution in [0.4, 0.5) is 0 Å². The molecule has 0 aliphatic heterocycles. The summed E-state index contributed by atoms with van der Waals surface area (Å²) < 4.78 is 0. The molecule has 0 saturated heterocycles. The molecule has 6 heteroatoms. The van der Waals surface area contributed by atoms with Crippen molar-refractivity contribution in [1.29, 1.82) is 5.26 Å². The molecule has 1 aromatic heterocycles. The van der Waals surface area contributed by atoms with Gasteiger partial charge in [0, 0.05) is 11.4 Å². The second-order valence-corrected chi connectivity index (χ2v) is 4.18. The molecule has 0 radical (unpaired) electrons. The molecule has 0 aliphatic carbocycles. The van der Waals surface area contributed by atoms with Crippen LogP contribution in [-0.4, -0.2) is 22.1 Å². The van der Waals surface area contributed by atoms with Gasteiger partial charge in [-0.05, 0) is 13.0 Å². The molecule has 2 rings (SSSR count). The maximum Gasteiger partial charge on any atom is 0.272 e. The van der Waals surface area contributed by atoms with Gasteiger partial charge in [-0.2, -0.15) is 10.4 Å². The van der Waals surface area contributed by atoms with Crippen molar-refractivity contribution in [2.45, 2.75) is 19.4 Å². The van der Waals surface area contributed by atoms with Crippen molar-refractivity contribution < 1.29 is 4.79 Å². The van der Waals surface area contributed by atoms with Gasteiger partial charge in [-0.15, -0.1) is 0 Å². The molecule has 19 heavy (non-hydrogen) atoms. The van der Waals surface area contributed by atoms with E-state index in [-0.39, 0.29) is 23.7 Å². The van der Waals surface area contributed by atoms with Gasteiger partial charge in [0.1, 0.15) is 0 Å². The summed E-state index contributed by atoms with van der Waals surface area (Å²) in [6.07, 6.45) is 0.215. The maximum atomic E-state index is 12.1. The first-order valence-corrected chi connectivity index (χ1v) is 5.78. The topological polar surface area (TPSA) is 98.6 Å². The number of rotatable bonds is 3. The first kappa shape index (κ1) is 12.8. The predicted molar refractivity (Wildman–Crippen MR) is 69.5 cm³/mol. The number of fused-ring (bicyclic) bond motifs is 1. The molecule has 96 valence electrons. The largest absolute Gasteiger partial charge is 0.347 e. The summed E-state index contributed by atoms with van der Waals surface area (Å²) in [5, 5.41) is 18.2. The van der Waals surface area contributed by atoms with E-state index in [1.54, 1.807) is 31.2 Å². The first-order valence-electron chi connectivity index (χ1n) is 5.78. The molecule has 0 saturated carbocycles. The highest BCUT2D eigenvalue weighted by molar-refractivity contribution is 6.04. The van der Waals surface area contributed by atoms with Crippen LogP contribution >= 0.6 is 0 Å². The van der Waals surface area contributed by atoms with Crippen LogP contribution in [0, 0.1) is 11.3 Å². The second-order valence-electron chi connectivity index (χ2n) is 4.18. The number of H-pyrrole nitrogens is 1. The molecule has 0 spiro atoms. The SMILES string of the molecule is CC(CC#N)NC(=O)c1n[nH]c(=O)c2ccccc12. The quantitative estimate of drug-likeness (QED) is 0.854. The summed E-state index contributed by atoms with van der Waals surface area (Å²) in [5.41, 5.74) is -0.183. The molecule has 1 atom stereocenters. The Morgan fingerprint density at radius 2 is 2.16 bits per heavy atom. The van der Waals surface area contributed by atoms with Crippen LogP contribution in [0.25, 0.3) is 10.8 Å². The Morgan fingerprint density at radius 3 is 2.84 bits per heavy atom. The maximum absolute atomic E-state index is 12.1. The predicted octanol–water partition coefficient (Wildman–Crippen LogP) is 0.955. The average Bonchev–Trinajstić information content (AvgIpc) is 2.39. The number of benzene rings is 1. The molecule has 6 nitrogen and oxygen atoms in total. The van der Waals surface area contributed by atoms with Crippen LogP contribution in [0.5, 0.6) is 0 Å². The minimum absolute atomic E-state index is 0.153. The Morgan fingerprint density at radius 1 is 1.47 bits per heavy atom. The Kier molecular flexibility index (Phi) is 3.57. The van der Waals surface area contributed by atoms with Gasteiger partial charge in [-0.25, -0.2) is 5.10 Å². The third-order valence-electron chi connectivity index (χ3n) is 2.69. The summed E-state index contributed by atoms with van der Waals surface area (Å²) in [6.45, 7) is 1.73. The Balaban J connectivity index is 2.41. The molecule has 2 N–H and O–H groups in total. The highest BCUT2D eigenvalue weighted by Crippen LogP contribution is 2.12. The van der Waals surface area contributed by atoms with Crippen LogP contribution < -0.4 is 10.9 Å². The average molecular weight is 256 g/mol. The number of aromatic amines is 1. The monoisotopic (exact) mass is 256 g/mol. The number of nitrogens with one attached hydrogen (secondary N) is 2.